The molecule has 0 aliphatic rings. The van der Waals surface area contributed by atoms with Crippen molar-refractivity contribution in [3.8, 4) is 0 Å². The number of hydrogen-bond acceptors (Lipinski definition) is 4. The molecule has 0 radical (unpaired) electrons. The maximum absolute atomic E-state index is 12.1. The fraction of sp³-hybridized carbons (Fsp3) is 0.444. The van der Waals surface area contributed by atoms with E-state index in [0.717, 1.165) is 17.3 Å². The molecule has 5 nitrogen and oxygen atoms in total. The van der Waals surface area contributed by atoms with Crippen molar-refractivity contribution in [2.75, 3.05) is 20.2 Å². The zero-order valence-corrected chi connectivity index (χ0v) is 8.90. The standard InChI is InChI=1S/C9H10F3N3O2/c1-15(2-3-16)7(17)6-4-13-8(14-5-6)9(10,11)12/h4-5,16H,2-3H2,1H3. The van der Waals surface area contributed by atoms with Crippen LogP contribution in [0.25, 0.3) is 0 Å². The molecule has 1 rings (SSSR count). The Labute approximate surface area is 94.9 Å². The molecule has 1 heterocycles. The summed E-state index contributed by atoms with van der Waals surface area (Å²) in [5, 5.41) is 8.61. The number of halogens is 3. The SMILES string of the molecule is CN(CCO)C(=O)c1cnc(C(F)(F)F)nc1. The van der Waals surface area contributed by atoms with Gasteiger partial charge in [0, 0.05) is 26.0 Å². The van der Waals surface area contributed by atoms with Gasteiger partial charge in [-0.2, -0.15) is 13.2 Å². The third-order valence-corrected chi connectivity index (χ3v) is 1.93. The van der Waals surface area contributed by atoms with Crippen molar-refractivity contribution in [3.63, 3.8) is 0 Å². The quantitative estimate of drug-likeness (QED) is 0.850. The molecule has 94 valence electrons. The van der Waals surface area contributed by atoms with Crippen LogP contribution in [0.5, 0.6) is 0 Å². The summed E-state index contributed by atoms with van der Waals surface area (Å²) in [5.41, 5.74) is -0.0612. The molecule has 0 unspecified atom stereocenters. The minimum atomic E-state index is -4.63. The van der Waals surface area contributed by atoms with Crippen LogP contribution in [0.4, 0.5) is 13.2 Å². The lowest BCUT2D eigenvalue weighted by molar-refractivity contribution is -0.145. The highest BCUT2D eigenvalue weighted by atomic mass is 19.4. The van der Waals surface area contributed by atoms with Crippen LogP contribution in [0.15, 0.2) is 12.4 Å². The van der Waals surface area contributed by atoms with Crippen LogP contribution in [0.3, 0.4) is 0 Å². The zero-order chi connectivity index (χ0) is 13.1. The topological polar surface area (TPSA) is 66.3 Å². The van der Waals surface area contributed by atoms with Gasteiger partial charge in [0.25, 0.3) is 5.91 Å². The first-order valence-electron chi connectivity index (χ1n) is 4.62. The maximum Gasteiger partial charge on any atom is 0.451 e. The summed E-state index contributed by atoms with van der Waals surface area (Å²) in [5.74, 6) is -1.84. The van der Waals surface area contributed by atoms with E-state index in [-0.39, 0.29) is 18.7 Å². The Morgan fingerprint density at radius 1 is 1.41 bits per heavy atom. The van der Waals surface area contributed by atoms with E-state index >= 15 is 0 Å². The van der Waals surface area contributed by atoms with Crippen LogP contribution < -0.4 is 0 Å². The van der Waals surface area contributed by atoms with Crippen molar-refractivity contribution in [1.29, 1.82) is 0 Å². The molecule has 0 saturated heterocycles. The fourth-order valence-electron chi connectivity index (χ4n) is 1.06. The number of aromatic nitrogens is 2. The average Bonchev–Trinajstić information content (AvgIpc) is 2.27. The highest BCUT2D eigenvalue weighted by molar-refractivity contribution is 5.93. The van der Waals surface area contributed by atoms with Crippen molar-refractivity contribution in [2.24, 2.45) is 0 Å². The molecular weight excluding hydrogens is 239 g/mol. The van der Waals surface area contributed by atoms with Crippen molar-refractivity contribution in [2.45, 2.75) is 6.18 Å². The maximum atomic E-state index is 12.1. The van der Waals surface area contributed by atoms with Crippen LogP contribution in [-0.4, -0.2) is 46.1 Å². The molecule has 0 aliphatic carbocycles. The van der Waals surface area contributed by atoms with Gasteiger partial charge in [-0.05, 0) is 0 Å². The summed E-state index contributed by atoms with van der Waals surface area (Å²) in [6.45, 7) is -0.149. The second-order valence-electron chi connectivity index (χ2n) is 3.24. The Hall–Kier alpha value is -1.70. The normalized spacial score (nSPS) is 11.4. The van der Waals surface area contributed by atoms with Gasteiger partial charge in [0.05, 0.1) is 12.2 Å². The number of aliphatic hydroxyl groups is 1. The molecule has 1 amide bonds. The van der Waals surface area contributed by atoms with Crippen LogP contribution in [0.1, 0.15) is 16.2 Å². The van der Waals surface area contributed by atoms with E-state index in [9.17, 15) is 18.0 Å². The highest BCUT2D eigenvalue weighted by Crippen LogP contribution is 2.25. The Morgan fingerprint density at radius 3 is 2.35 bits per heavy atom. The van der Waals surface area contributed by atoms with Gasteiger partial charge in [0.15, 0.2) is 0 Å². The van der Waals surface area contributed by atoms with Crippen molar-refractivity contribution < 1.29 is 23.1 Å². The van der Waals surface area contributed by atoms with Crippen LogP contribution >= 0.6 is 0 Å². The van der Waals surface area contributed by atoms with Gasteiger partial charge in [-0.15, -0.1) is 0 Å². The van der Waals surface area contributed by atoms with Gasteiger partial charge >= 0.3 is 6.18 Å². The van der Waals surface area contributed by atoms with Gasteiger partial charge in [0.2, 0.25) is 5.82 Å². The Balaban J connectivity index is 2.84. The third kappa shape index (κ3) is 3.38. The summed E-state index contributed by atoms with van der Waals surface area (Å²) >= 11 is 0. The number of hydrogen-bond donors (Lipinski definition) is 1. The van der Waals surface area contributed by atoms with E-state index < -0.39 is 17.9 Å². The fourth-order valence-corrected chi connectivity index (χ4v) is 1.06. The Kier molecular flexibility index (Phi) is 4.00. The van der Waals surface area contributed by atoms with Crippen LogP contribution in [0.2, 0.25) is 0 Å². The molecular formula is C9H10F3N3O2. The smallest absolute Gasteiger partial charge is 0.395 e. The molecule has 0 bridgehead atoms. The number of nitrogens with zero attached hydrogens (tertiary/aromatic N) is 3. The molecule has 8 heteroatoms. The first-order chi connectivity index (χ1) is 7.86. The van der Waals surface area contributed by atoms with Crippen molar-refractivity contribution >= 4 is 5.91 Å². The second-order valence-corrected chi connectivity index (χ2v) is 3.24. The van der Waals surface area contributed by atoms with Gasteiger partial charge < -0.3 is 10.0 Å². The molecule has 0 fully saturated rings. The predicted octanol–water partition coefficient (Wildman–Crippen LogP) is 0.560. The third-order valence-electron chi connectivity index (χ3n) is 1.93. The van der Waals surface area contributed by atoms with Gasteiger partial charge in [-0.25, -0.2) is 9.97 Å². The van der Waals surface area contributed by atoms with E-state index in [1.165, 1.54) is 7.05 Å². The molecule has 0 atom stereocenters. The average molecular weight is 249 g/mol. The van der Waals surface area contributed by atoms with Crippen LogP contribution in [-0.2, 0) is 6.18 Å². The summed E-state index contributed by atoms with van der Waals surface area (Å²) in [7, 11) is 1.41. The first kappa shape index (κ1) is 13.4. The summed E-state index contributed by atoms with van der Waals surface area (Å²) in [6, 6.07) is 0. The highest BCUT2D eigenvalue weighted by Gasteiger charge is 2.34. The lowest BCUT2D eigenvalue weighted by Crippen LogP contribution is -2.29. The molecule has 1 aromatic heterocycles. The molecule has 0 saturated carbocycles. The van der Waals surface area contributed by atoms with Gasteiger partial charge in [-0.1, -0.05) is 0 Å². The number of carbonyl (C=O) groups is 1. The molecule has 17 heavy (non-hydrogen) atoms. The molecule has 1 aromatic rings. The number of alkyl halides is 3. The largest absolute Gasteiger partial charge is 0.451 e. The second kappa shape index (κ2) is 5.09. The minimum absolute atomic E-state index is 0.0612. The molecule has 0 aromatic carbocycles. The minimum Gasteiger partial charge on any atom is -0.395 e. The van der Waals surface area contributed by atoms with Crippen molar-refractivity contribution in [1.82, 2.24) is 14.9 Å². The monoisotopic (exact) mass is 249 g/mol. The van der Waals surface area contributed by atoms with E-state index in [4.69, 9.17) is 5.11 Å². The van der Waals surface area contributed by atoms with E-state index in [2.05, 4.69) is 9.97 Å². The predicted molar refractivity (Wildman–Crippen MR) is 51.1 cm³/mol. The lowest BCUT2D eigenvalue weighted by Gasteiger charge is -2.15. The van der Waals surface area contributed by atoms with Crippen LogP contribution in [0, 0.1) is 0 Å². The van der Waals surface area contributed by atoms with Crippen molar-refractivity contribution in [3.05, 3.63) is 23.8 Å². The molecule has 0 spiro atoms. The number of aliphatic hydroxyl groups excluding tert-OH is 1. The Morgan fingerprint density at radius 2 is 1.94 bits per heavy atom. The zero-order valence-electron chi connectivity index (χ0n) is 8.90. The molecule has 1 N–H and O–H groups in total. The van der Waals surface area contributed by atoms with E-state index in [1.807, 2.05) is 0 Å². The van der Waals surface area contributed by atoms with E-state index in [1.54, 1.807) is 0 Å². The van der Waals surface area contributed by atoms with E-state index in [0.29, 0.717) is 0 Å². The number of amides is 1. The summed E-state index contributed by atoms with van der Waals surface area (Å²) in [6.07, 6.45) is -3.00. The number of carbonyl (C=O) groups excluding carboxylic acids is 1. The Bertz CT molecular complexity index is 391. The van der Waals surface area contributed by atoms with Gasteiger partial charge in [-0.3, -0.25) is 4.79 Å². The summed E-state index contributed by atoms with van der Waals surface area (Å²) in [4.78, 5) is 18.8. The summed E-state index contributed by atoms with van der Waals surface area (Å²) < 4.78 is 36.4. The number of likely N-dealkylation sites (N-methyl/N-ethyl adjacent to an activating group) is 1. The first-order valence-corrected chi connectivity index (χ1v) is 4.62. The van der Waals surface area contributed by atoms with Gasteiger partial charge in [0.1, 0.15) is 0 Å². The lowest BCUT2D eigenvalue weighted by atomic mass is 10.3. The number of rotatable bonds is 3. The molecule has 0 aliphatic heterocycles.